The van der Waals surface area contributed by atoms with E-state index >= 15 is 0 Å². The van der Waals surface area contributed by atoms with Crippen molar-refractivity contribution in [3.8, 4) is 0 Å². The number of hydrogen-bond donors (Lipinski definition) is 1. The molecule has 1 atom stereocenters. The van der Waals surface area contributed by atoms with Gasteiger partial charge in [0.2, 0.25) is 0 Å². The molecule has 2 rings (SSSR count). The Bertz CT molecular complexity index is 544. The van der Waals surface area contributed by atoms with Crippen LogP contribution < -0.4 is 5.32 Å². The van der Waals surface area contributed by atoms with Gasteiger partial charge in [-0.15, -0.1) is 11.3 Å². The third-order valence-electron chi connectivity index (χ3n) is 2.74. The first-order valence-electron chi connectivity index (χ1n) is 5.47. The van der Waals surface area contributed by atoms with Crippen LogP contribution >= 0.6 is 38.9 Å². The molecule has 1 unspecified atom stereocenters. The second kappa shape index (κ2) is 6.15. The highest BCUT2D eigenvalue weighted by molar-refractivity contribution is 9.11. The molecule has 1 aromatic carbocycles. The summed E-state index contributed by atoms with van der Waals surface area (Å²) in [6.45, 7) is 0. The molecule has 0 saturated heterocycles. The van der Waals surface area contributed by atoms with E-state index in [1.54, 1.807) is 17.4 Å². The first kappa shape index (κ1) is 14.0. The zero-order chi connectivity index (χ0) is 13.1. The molecule has 1 heterocycles. The summed E-state index contributed by atoms with van der Waals surface area (Å²) in [4.78, 5) is 1.22. The van der Waals surface area contributed by atoms with Crippen LogP contribution in [-0.4, -0.2) is 7.05 Å². The summed E-state index contributed by atoms with van der Waals surface area (Å²) >= 11 is 11.1. The Labute approximate surface area is 123 Å². The molecule has 1 N–H and O–H groups in total. The zero-order valence-electron chi connectivity index (χ0n) is 9.71. The normalized spacial score (nSPS) is 12.7. The van der Waals surface area contributed by atoms with Gasteiger partial charge in [-0.05, 0) is 46.7 Å². The van der Waals surface area contributed by atoms with Crippen LogP contribution in [0.25, 0.3) is 0 Å². The molecule has 0 bridgehead atoms. The van der Waals surface area contributed by atoms with Crippen molar-refractivity contribution in [3.63, 3.8) is 0 Å². The summed E-state index contributed by atoms with van der Waals surface area (Å²) in [6, 6.07) is 9.01. The van der Waals surface area contributed by atoms with Gasteiger partial charge < -0.3 is 5.32 Å². The highest BCUT2D eigenvalue weighted by atomic mass is 79.9. The Morgan fingerprint density at radius 3 is 2.78 bits per heavy atom. The van der Waals surface area contributed by atoms with Crippen molar-refractivity contribution in [1.82, 2.24) is 5.32 Å². The van der Waals surface area contributed by atoms with Gasteiger partial charge in [0, 0.05) is 17.3 Å². The fourth-order valence-electron chi connectivity index (χ4n) is 1.82. The molecule has 18 heavy (non-hydrogen) atoms. The highest BCUT2D eigenvalue weighted by Crippen LogP contribution is 2.30. The Hall–Kier alpha value is -0.420. The van der Waals surface area contributed by atoms with Crippen molar-refractivity contribution in [3.05, 3.63) is 55.4 Å². The van der Waals surface area contributed by atoms with Gasteiger partial charge in [0.15, 0.2) is 0 Å². The molecule has 0 aliphatic rings. The van der Waals surface area contributed by atoms with Crippen molar-refractivity contribution in [2.24, 2.45) is 0 Å². The molecule has 96 valence electrons. The second-order valence-corrected chi connectivity index (χ2v) is 6.82. The molecule has 0 fully saturated rings. The van der Waals surface area contributed by atoms with E-state index in [2.05, 4.69) is 27.3 Å². The average molecular weight is 349 g/mol. The van der Waals surface area contributed by atoms with Gasteiger partial charge in [0.1, 0.15) is 5.82 Å². The molecule has 2 aromatic rings. The number of rotatable bonds is 4. The van der Waals surface area contributed by atoms with E-state index in [9.17, 15) is 4.39 Å². The fourth-order valence-corrected chi connectivity index (χ4v) is 3.61. The largest absolute Gasteiger partial charge is 0.313 e. The van der Waals surface area contributed by atoms with Gasteiger partial charge >= 0.3 is 0 Å². The molecule has 0 amide bonds. The maximum Gasteiger partial charge on any atom is 0.142 e. The zero-order valence-corrected chi connectivity index (χ0v) is 12.9. The van der Waals surface area contributed by atoms with Crippen LogP contribution in [0.15, 0.2) is 34.1 Å². The van der Waals surface area contributed by atoms with E-state index in [-0.39, 0.29) is 16.9 Å². The topological polar surface area (TPSA) is 12.0 Å². The number of likely N-dealkylation sites (N-methyl/N-ethyl adjacent to an activating group) is 1. The molecular weight excluding hydrogens is 337 g/mol. The molecule has 1 aromatic heterocycles. The standard InChI is InChI=1S/C13H12BrClFNS/c1-17-11(7-8-5-6-12(14)18-8)9-3-2-4-10(16)13(9)15/h2-6,11,17H,7H2,1H3. The number of nitrogens with one attached hydrogen (secondary N) is 1. The minimum absolute atomic E-state index is 0.0127. The first-order chi connectivity index (χ1) is 8.61. The number of benzene rings is 1. The molecular formula is C13H12BrClFNS. The average Bonchev–Trinajstić information content (AvgIpc) is 2.76. The molecule has 0 saturated carbocycles. The van der Waals surface area contributed by atoms with Gasteiger partial charge in [0.25, 0.3) is 0 Å². The Morgan fingerprint density at radius 1 is 1.39 bits per heavy atom. The van der Waals surface area contributed by atoms with E-state index in [4.69, 9.17) is 11.6 Å². The third-order valence-corrected chi connectivity index (χ3v) is 4.78. The lowest BCUT2D eigenvalue weighted by Crippen LogP contribution is -2.19. The van der Waals surface area contributed by atoms with Crippen LogP contribution in [0.4, 0.5) is 4.39 Å². The highest BCUT2D eigenvalue weighted by Gasteiger charge is 2.16. The molecule has 5 heteroatoms. The molecule has 0 spiro atoms. The van der Waals surface area contributed by atoms with E-state index in [1.807, 2.05) is 19.2 Å². The SMILES string of the molecule is CNC(Cc1ccc(Br)s1)c1cccc(F)c1Cl. The second-order valence-electron chi connectivity index (χ2n) is 3.89. The van der Waals surface area contributed by atoms with Crippen LogP contribution in [0.1, 0.15) is 16.5 Å². The van der Waals surface area contributed by atoms with Crippen LogP contribution in [0.2, 0.25) is 5.02 Å². The predicted octanol–water partition coefficient (Wildman–Crippen LogP) is 4.81. The summed E-state index contributed by atoms with van der Waals surface area (Å²) in [5.74, 6) is -0.373. The number of thiophene rings is 1. The third kappa shape index (κ3) is 3.12. The van der Waals surface area contributed by atoms with Gasteiger partial charge in [-0.3, -0.25) is 0 Å². The van der Waals surface area contributed by atoms with Crippen LogP contribution in [0.3, 0.4) is 0 Å². The van der Waals surface area contributed by atoms with Crippen molar-refractivity contribution in [2.45, 2.75) is 12.5 Å². The lowest BCUT2D eigenvalue weighted by molar-refractivity contribution is 0.581. The van der Waals surface area contributed by atoms with Crippen molar-refractivity contribution < 1.29 is 4.39 Å². The maximum atomic E-state index is 13.5. The van der Waals surface area contributed by atoms with Gasteiger partial charge in [-0.25, -0.2) is 4.39 Å². The van der Waals surface area contributed by atoms with Gasteiger partial charge in [-0.1, -0.05) is 23.7 Å². The Morgan fingerprint density at radius 2 is 2.17 bits per heavy atom. The monoisotopic (exact) mass is 347 g/mol. The summed E-state index contributed by atoms with van der Waals surface area (Å²) in [5, 5.41) is 3.39. The van der Waals surface area contributed by atoms with E-state index in [0.717, 1.165) is 15.8 Å². The van der Waals surface area contributed by atoms with Crippen LogP contribution in [0.5, 0.6) is 0 Å². The van der Waals surface area contributed by atoms with E-state index in [1.165, 1.54) is 10.9 Å². The predicted molar refractivity (Wildman–Crippen MR) is 78.9 cm³/mol. The molecule has 0 aliphatic heterocycles. The summed E-state index contributed by atoms with van der Waals surface area (Å²) < 4.78 is 14.5. The lowest BCUT2D eigenvalue weighted by Gasteiger charge is -2.17. The van der Waals surface area contributed by atoms with Crippen LogP contribution in [-0.2, 0) is 6.42 Å². The van der Waals surface area contributed by atoms with Gasteiger partial charge in [-0.2, -0.15) is 0 Å². The van der Waals surface area contributed by atoms with E-state index in [0.29, 0.717) is 0 Å². The first-order valence-corrected chi connectivity index (χ1v) is 7.46. The molecule has 0 radical (unpaired) electrons. The minimum Gasteiger partial charge on any atom is -0.313 e. The van der Waals surface area contributed by atoms with Crippen molar-refractivity contribution in [2.75, 3.05) is 7.05 Å². The van der Waals surface area contributed by atoms with Crippen molar-refractivity contribution >= 4 is 38.9 Å². The van der Waals surface area contributed by atoms with E-state index < -0.39 is 0 Å². The smallest absolute Gasteiger partial charge is 0.142 e. The van der Waals surface area contributed by atoms with Crippen LogP contribution in [0, 0.1) is 5.82 Å². The molecule has 1 nitrogen and oxygen atoms in total. The maximum absolute atomic E-state index is 13.5. The summed E-state index contributed by atoms with van der Waals surface area (Å²) in [5.41, 5.74) is 0.795. The van der Waals surface area contributed by atoms with Crippen molar-refractivity contribution in [1.29, 1.82) is 0 Å². The lowest BCUT2D eigenvalue weighted by atomic mass is 10.0. The summed E-state index contributed by atoms with van der Waals surface area (Å²) in [6.07, 6.45) is 0.788. The summed E-state index contributed by atoms with van der Waals surface area (Å²) in [7, 11) is 1.86. The fraction of sp³-hybridized carbons (Fsp3) is 0.231. The van der Waals surface area contributed by atoms with Gasteiger partial charge in [0.05, 0.1) is 8.81 Å². The number of halogens is 3. The molecule has 0 aliphatic carbocycles. The Kier molecular flexibility index (Phi) is 4.78. The minimum atomic E-state index is -0.373. The Balaban J connectivity index is 2.25. The number of hydrogen-bond acceptors (Lipinski definition) is 2. The quantitative estimate of drug-likeness (QED) is 0.836.